The zero-order valence-electron chi connectivity index (χ0n) is 13.9. The number of rotatable bonds is 6. The summed E-state index contributed by atoms with van der Waals surface area (Å²) in [6.07, 6.45) is -0.880. The minimum atomic E-state index is -0.938. The summed E-state index contributed by atoms with van der Waals surface area (Å²) < 4.78 is 5.14. The Kier molecular flexibility index (Phi) is 6.31. The summed E-state index contributed by atoms with van der Waals surface area (Å²) in [5, 5.41) is 3.22. The smallest absolute Gasteiger partial charge is 0.311 e. The van der Waals surface area contributed by atoms with Crippen molar-refractivity contribution < 1.29 is 19.1 Å². The number of Topliss-reactive ketones (excluding diaryl/α,β-unsaturated/α-hetero) is 1. The fraction of sp³-hybridized carbons (Fsp3) is 0.211. The van der Waals surface area contributed by atoms with Crippen molar-refractivity contribution in [2.75, 3.05) is 5.32 Å². The van der Waals surface area contributed by atoms with Crippen molar-refractivity contribution >= 4 is 34.9 Å². The molecule has 0 aliphatic carbocycles. The molecule has 0 aromatic heterocycles. The van der Waals surface area contributed by atoms with Gasteiger partial charge in [0, 0.05) is 16.3 Å². The van der Waals surface area contributed by atoms with Gasteiger partial charge in [0.2, 0.25) is 0 Å². The van der Waals surface area contributed by atoms with E-state index in [0.29, 0.717) is 16.3 Å². The van der Waals surface area contributed by atoms with Crippen molar-refractivity contribution in [1.29, 1.82) is 0 Å². The topological polar surface area (TPSA) is 72.5 Å². The number of hydrogen-bond donors (Lipinski definition) is 1. The lowest BCUT2D eigenvalue weighted by Gasteiger charge is -2.14. The maximum Gasteiger partial charge on any atom is 0.311 e. The quantitative estimate of drug-likeness (QED) is 0.631. The number of carbonyl (C=O) groups is 3. The number of hydrogen-bond acceptors (Lipinski definition) is 4. The van der Waals surface area contributed by atoms with E-state index in [1.807, 2.05) is 0 Å². The van der Waals surface area contributed by atoms with E-state index in [-0.39, 0.29) is 12.2 Å². The number of halogens is 1. The molecule has 0 spiro atoms. The van der Waals surface area contributed by atoms with Gasteiger partial charge in [-0.05, 0) is 55.8 Å². The molecule has 2 aromatic rings. The molecule has 0 saturated carbocycles. The SMILES string of the molecule is CC(=O)c1ccc(NC(=O)[C@@H](C)OC(=O)Cc2ccc(Cl)cc2)cc1. The van der Waals surface area contributed by atoms with Crippen molar-refractivity contribution in [2.24, 2.45) is 0 Å². The average molecular weight is 360 g/mol. The van der Waals surface area contributed by atoms with E-state index in [4.69, 9.17) is 16.3 Å². The van der Waals surface area contributed by atoms with Gasteiger partial charge in [0.25, 0.3) is 5.91 Å². The molecule has 0 heterocycles. The molecular weight excluding hydrogens is 342 g/mol. The summed E-state index contributed by atoms with van der Waals surface area (Å²) in [7, 11) is 0. The Balaban J connectivity index is 1.87. The summed E-state index contributed by atoms with van der Waals surface area (Å²) in [6, 6.07) is 13.3. The van der Waals surface area contributed by atoms with Gasteiger partial charge in [0.1, 0.15) is 0 Å². The Hall–Kier alpha value is -2.66. The summed E-state index contributed by atoms with van der Waals surface area (Å²) in [5.41, 5.74) is 1.83. The predicted molar refractivity (Wildman–Crippen MR) is 95.8 cm³/mol. The van der Waals surface area contributed by atoms with E-state index in [9.17, 15) is 14.4 Å². The minimum Gasteiger partial charge on any atom is -0.452 e. The van der Waals surface area contributed by atoms with E-state index < -0.39 is 18.0 Å². The maximum absolute atomic E-state index is 12.1. The van der Waals surface area contributed by atoms with Crippen LogP contribution in [0.25, 0.3) is 0 Å². The number of esters is 1. The standard InChI is InChI=1S/C19H18ClNO4/c1-12(22)15-5-9-17(10-6-15)21-19(24)13(2)25-18(23)11-14-3-7-16(20)8-4-14/h3-10,13H,11H2,1-2H3,(H,21,24)/t13-/m1/s1. The molecule has 1 amide bonds. The van der Waals surface area contributed by atoms with Gasteiger partial charge in [-0.15, -0.1) is 0 Å². The molecule has 0 radical (unpaired) electrons. The van der Waals surface area contributed by atoms with Crippen LogP contribution in [0.4, 0.5) is 5.69 Å². The molecule has 0 unspecified atom stereocenters. The molecular formula is C19H18ClNO4. The lowest BCUT2D eigenvalue weighted by molar-refractivity contribution is -0.152. The average Bonchev–Trinajstić information content (AvgIpc) is 2.57. The monoisotopic (exact) mass is 359 g/mol. The molecule has 5 nitrogen and oxygen atoms in total. The first-order valence-corrected chi connectivity index (χ1v) is 8.09. The molecule has 25 heavy (non-hydrogen) atoms. The third-order valence-corrected chi connectivity index (χ3v) is 3.75. The lowest BCUT2D eigenvalue weighted by Crippen LogP contribution is -2.30. The highest BCUT2D eigenvalue weighted by Gasteiger charge is 2.18. The molecule has 0 aliphatic heterocycles. The highest BCUT2D eigenvalue weighted by molar-refractivity contribution is 6.30. The minimum absolute atomic E-state index is 0.0534. The van der Waals surface area contributed by atoms with Gasteiger partial charge >= 0.3 is 5.97 Å². The Morgan fingerprint density at radius 3 is 2.20 bits per heavy atom. The Morgan fingerprint density at radius 2 is 1.64 bits per heavy atom. The van der Waals surface area contributed by atoms with Crippen LogP contribution in [0.5, 0.6) is 0 Å². The molecule has 1 N–H and O–H groups in total. The molecule has 2 rings (SSSR count). The number of ketones is 1. The fourth-order valence-corrected chi connectivity index (χ4v) is 2.22. The van der Waals surface area contributed by atoms with Crippen molar-refractivity contribution in [3.8, 4) is 0 Å². The van der Waals surface area contributed by atoms with Gasteiger partial charge < -0.3 is 10.1 Å². The van der Waals surface area contributed by atoms with E-state index in [1.54, 1.807) is 48.5 Å². The van der Waals surface area contributed by atoms with E-state index in [2.05, 4.69) is 5.32 Å². The molecule has 0 aliphatic rings. The second kappa shape index (κ2) is 8.44. The Labute approximate surface area is 150 Å². The first-order valence-electron chi connectivity index (χ1n) is 7.71. The highest BCUT2D eigenvalue weighted by Crippen LogP contribution is 2.12. The summed E-state index contributed by atoms with van der Waals surface area (Å²) >= 11 is 5.79. The molecule has 0 fully saturated rings. The summed E-state index contributed by atoms with van der Waals surface area (Å²) in [4.78, 5) is 35.2. The normalized spacial score (nSPS) is 11.5. The molecule has 130 valence electrons. The van der Waals surface area contributed by atoms with Gasteiger partial charge in [0.05, 0.1) is 6.42 Å². The van der Waals surface area contributed by atoms with Crippen LogP contribution in [0, 0.1) is 0 Å². The summed E-state index contributed by atoms with van der Waals surface area (Å²) in [5.74, 6) is -1.00. The van der Waals surface area contributed by atoms with Crippen LogP contribution in [0.1, 0.15) is 29.8 Å². The first kappa shape index (κ1) is 18.7. The third-order valence-electron chi connectivity index (χ3n) is 3.50. The van der Waals surface area contributed by atoms with Gasteiger partial charge in [-0.2, -0.15) is 0 Å². The predicted octanol–water partition coefficient (Wildman–Crippen LogP) is 3.66. The molecule has 0 bridgehead atoms. The Morgan fingerprint density at radius 1 is 1.04 bits per heavy atom. The number of ether oxygens (including phenoxy) is 1. The van der Waals surface area contributed by atoms with Crippen LogP contribution < -0.4 is 5.32 Å². The van der Waals surface area contributed by atoms with Crippen LogP contribution in [0.2, 0.25) is 5.02 Å². The van der Waals surface area contributed by atoms with E-state index in [1.165, 1.54) is 13.8 Å². The molecule has 2 aromatic carbocycles. The van der Waals surface area contributed by atoms with Crippen LogP contribution in [0.15, 0.2) is 48.5 Å². The first-order chi connectivity index (χ1) is 11.8. The molecule has 6 heteroatoms. The number of carbonyl (C=O) groups excluding carboxylic acids is 3. The third kappa shape index (κ3) is 5.72. The van der Waals surface area contributed by atoms with Crippen molar-refractivity contribution in [1.82, 2.24) is 0 Å². The van der Waals surface area contributed by atoms with Gasteiger partial charge in [-0.1, -0.05) is 23.7 Å². The Bertz CT molecular complexity index is 769. The van der Waals surface area contributed by atoms with Crippen LogP contribution in [-0.4, -0.2) is 23.8 Å². The zero-order valence-corrected chi connectivity index (χ0v) is 14.7. The largest absolute Gasteiger partial charge is 0.452 e. The second-order valence-electron chi connectivity index (χ2n) is 5.56. The van der Waals surface area contributed by atoms with Crippen LogP contribution in [-0.2, 0) is 20.7 Å². The van der Waals surface area contributed by atoms with E-state index >= 15 is 0 Å². The van der Waals surface area contributed by atoms with Gasteiger partial charge in [0.15, 0.2) is 11.9 Å². The number of amides is 1. The lowest BCUT2D eigenvalue weighted by atomic mass is 10.1. The molecule has 1 atom stereocenters. The summed E-state index contributed by atoms with van der Waals surface area (Å²) in [6.45, 7) is 2.97. The number of benzene rings is 2. The molecule has 0 saturated heterocycles. The van der Waals surface area contributed by atoms with Crippen LogP contribution in [0.3, 0.4) is 0 Å². The van der Waals surface area contributed by atoms with Gasteiger partial charge in [-0.3, -0.25) is 14.4 Å². The number of nitrogens with one attached hydrogen (secondary N) is 1. The van der Waals surface area contributed by atoms with Gasteiger partial charge in [-0.25, -0.2) is 0 Å². The second-order valence-corrected chi connectivity index (χ2v) is 5.99. The maximum atomic E-state index is 12.1. The van der Waals surface area contributed by atoms with Crippen molar-refractivity contribution in [3.63, 3.8) is 0 Å². The van der Waals surface area contributed by atoms with E-state index in [0.717, 1.165) is 5.56 Å². The van der Waals surface area contributed by atoms with Crippen LogP contribution >= 0.6 is 11.6 Å². The number of anilines is 1. The zero-order chi connectivity index (χ0) is 18.4. The fourth-order valence-electron chi connectivity index (χ4n) is 2.09. The van der Waals surface area contributed by atoms with Crippen molar-refractivity contribution in [3.05, 3.63) is 64.7 Å². The highest BCUT2D eigenvalue weighted by atomic mass is 35.5. The van der Waals surface area contributed by atoms with Crippen molar-refractivity contribution in [2.45, 2.75) is 26.4 Å².